The Hall–Kier alpha value is -0.260. The number of hydrogen-bond donors (Lipinski definition) is 1. The average Bonchev–Trinajstić information content (AvgIpc) is 2.91. The second-order valence-electron chi connectivity index (χ2n) is 5.24. The smallest absolute Gasteiger partial charge is 0.240 e. The van der Waals surface area contributed by atoms with Crippen LogP contribution < -0.4 is 5.32 Å². The van der Waals surface area contributed by atoms with Crippen molar-refractivity contribution in [2.45, 2.75) is 31.3 Å². The molecule has 1 N–H and O–H groups in total. The molecule has 1 amide bonds. The Kier molecular flexibility index (Phi) is 3.59. The summed E-state index contributed by atoms with van der Waals surface area (Å²) in [6.45, 7) is 4.21. The van der Waals surface area contributed by atoms with Crippen molar-refractivity contribution in [1.82, 2.24) is 15.1 Å². The molecule has 17 heavy (non-hydrogen) atoms. The molecule has 2 atom stereocenters. The molecule has 0 radical (unpaired) electrons. The summed E-state index contributed by atoms with van der Waals surface area (Å²) in [6.07, 6.45) is 3.95. The maximum absolute atomic E-state index is 12.3. The Morgan fingerprint density at radius 2 is 2.18 bits per heavy atom. The van der Waals surface area contributed by atoms with Crippen LogP contribution in [-0.4, -0.2) is 65.6 Å². The molecule has 0 spiro atoms. The number of amides is 1. The molecule has 4 nitrogen and oxygen atoms in total. The molecule has 0 aromatic carbocycles. The lowest BCUT2D eigenvalue weighted by Gasteiger charge is -2.44. The number of rotatable bonds is 1. The summed E-state index contributed by atoms with van der Waals surface area (Å²) < 4.78 is 0. The summed E-state index contributed by atoms with van der Waals surface area (Å²) in [6, 6.07) is 0.714. The van der Waals surface area contributed by atoms with Crippen LogP contribution >= 0.6 is 11.8 Å². The number of thioether (sulfide) groups is 1. The topological polar surface area (TPSA) is 35.6 Å². The standard InChI is InChI=1S/C12H21N3OS/c16-12(11-8-17-9-13-11)15-6-5-14-4-2-1-3-10(14)7-15/h10-11,13H,1-9H2. The van der Waals surface area contributed by atoms with Gasteiger partial charge < -0.3 is 4.90 Å². The van der Waals surface area contributed by atoms with Gasteiger partial charge in [0, 0.05) is 37.3 Å². The molecule has 3 heterocycles. The van der Waals surface area contributed by atoms with Gasteiger partial charge in [0.25, 0.3) is 0 Å². The van der Waals surface area contributed by atoms with E-state index in [1.807, 2.05) is 11.8 Å². The van der Waals surface area contributed by atoms with E-state index in [2.05, 4.69) is 15.1 Å². The van der Waals surface area contributed by atoms with E-state index in [0.717, 1.165) is 31.3 Å². The minimum atomic E-state index is 0.0788. The third-order valence-electron chi connectivity index (χ3n) is 4.16. The Morgan fingerprint density at radius 3 is 3.00 bits per heavy atom. The van der Waals surface area contributed by atoms with Gasteiger partial charge in [0.05, 0.1) is 6.04 Å². The molecule has 2 unspecified atom stereocenters. The SMILES string of the molecule is O=C(C1CSCN1)N1CCN2CCCCC2C1. The van der Waals surface area contributed by atoms with Crippen molar-refractivity contribution in [2.24, 2.45) is 0 Å². The van der Waals surface area contributed by atoms with E-state index in [0.29, 0.717) is 11.9 Å². The minimum absolute atomic E-state index is 0.0788. The first kappa shape index (κ1) is 11.8. The van der Waals surface area contributed by atoms with Crippen LogP contribution in [0.2, 0.25) is 0 Å². The molecule has 0 aromatic heterocycles. The molecule has 0 saturated carbocycles. The van der Waals surface area contributed by atoms with Gasteiger partial charge in [0.15, 0.2) is 0 Å². The first-order valence-corrected chi connectivity index (χ1v) is 7.84. The Labute approximate surface area is 107 Å². The molecule has 0 bridgehead atoms. The number of nitrogens with one attached hydrogen (secondary N) is 1. The van der Waals surface area contributed by atoms with Crippen LogP contribution in [0, 0.1) is 0 Å². The fourth-order valence-electron chi connectivity index (χ4n) is 3.13. The summed E-state index contributed by atoms with van der Waals surface area (Å²) in [5.74, 6) is 2.21. The van der Waals surface area contributed by atoms with E-state index in [9.17, 15) is 4.79 Å². The van der Waals surface area contributed by atoms with Crippen LogP contribution in [0.15, 0.2) is 0 Å². The number of carbonyl (C=O) groups excluding carboxylic acids is 1. The number of piperidine rings is 1. The normalized spacial score (nSPS) is 34.7. The fourth-order valence-corrected chi connectivity index (χ4v) is 4.06. The third kappa shape index (κ3) is 2.46. The average molecular weight is 255 g/mol. The van der Waals surface area contributed by atoms with Gasteiger partial charge in [-0.25, -0.2) is 0 Å². The van der Waals surface area contributed by atoms with Gasteiger partial charge in [0.1, 0.15) is 0 Å². The molecule has 3 saturated heterocycles. The van der Waals surface area contributed by atoms with Crippen molar-refractivity contribution < 1.29 is 4.79 Å². The van der Waals surface area contributed by atoms with Crippen LogP contribution in [0.5, 0.6) is 0 Å². The summed E-state index contributed by atoms with van der Waals surface area (Å²) >= 11 is 1.83. The minimum Gasteiger partial charge on any atom is -0.338 e. The van der Waals surface area contributed by atoms with Gasteiger partial charge in [-0.15, -0.1) is 11.8 Å². The second kappa shape index (κ2) is 5.16. The molecule has 3 rings (SSSR count). The molecule has 96 valence electrons. The number of fused-ring (bicyclic) bond motifs is 1. The lowest BCUT2D eigenvalue weighted by atomic mass is 9.99. The van der Waals surface area contributed by atoms with Crippen molar-refractivity contribution in [2.75, 3.05) is 37.8 Å². The number of carbonyl (C=O) groups is 1. The van der Waals surface area contributed by atoms with Crippen molar-refractivity contribution in [3.05, 3.63) is 0 Å². The predicted octanol–water partition coefficient (Wildman–Crippen LogP) is 0.346. The second-order valence-corrected chi connectivity index (χ2v) is 6.27. The van der Waals surface area contributed by atoms with Gasteiger partial charge in [-0.05, 0) is 19.4 Å². The van der Waals surface area contributed by atoms with Crippen molar-refractivity contribution in [3.8, 4) is 0 Å². The largest absolute Gasteiger partial charge is 0.338 e. The summed E-state index contributed by atoms with van der Waals surface area (Å²) in [5.41, 5.74) is 0. The first-order chi connectivity index (χ1) is 8.34. The Bertz CT molecular complexity index is 293. The highest BCUT2D eigenvalue weighted by molar-refractivity contribution is 7.99. The lowest BCUT2D eigenvalue weighted by molar-refractivity contribution is -0.136. The summed E-state index contributed by atoms with van der Waals surface area (Å²) in [4.78, 5) is 17.0. The predicted molar refractivity (Wildman–Crippen MR) is 70.0 cm³/mol. The van der Waals surface area contributed by atoms with Gasteiger partial charge in [0.2, 0.25) is 5.91 Å². The highest BCUT2D eigenvalue weighted by Crippen LogP contribution is 2.22. The number of nitrogens with zero attached hydrogens (tertiary/aromatic N) is 2. The van der Waals surface area contributed by atoms with E-state index < -0.39 is 0 Å². The molecule has 0 aromatic rings. The molecular weight excluding hydrogens is 234 g/mol. The highest BCUT2D eigenvalue weighted by Gasteiger charge is 2.34. The fraction of sp³-hybridized carbons (Fsp3) is 0.917. The number of hydrogen-bond acceptors (Lipinski definition) is 4. The summed E-state index contributed by atoms with van der Waals surface area (Å²) in [7, 11) is 0. The van der Waals surface area contributed by atoms with Gasteiger partial charge >= 0.3 is 0 Å². The van der Waals surface area contributed by atoms with E-state index in [1.165, 1.54) is 25.8 Å². The highest BCUT2D eigenvalue weighted by atomic mass is 32.2. The van der Waals surface area contributed by atoms with Gasteiger partial charge in [-0.1, -0.05) is 6.42 Å². The lowest BCUT2D eigenvalue weighted by Crippen LogP contribution is -2.58. The molecular formula is C12H21N3OS. The molecule has 3 fully saturated rings. The van der Waals surface area contributed by atoms with Crippen LogP contribution in [0.1, 0.15) is 19.3 Å². The third-order valence-corrected chi connectivity index (χ3v) is 5.10. The zero-order valence-corrected chi connectivity index (χ0v) is 11.0. The van der Waals surface area contributed by atoms with E-state index in [-0.39, 0.29) is 6.04 Å². The van der Waals surface area contributed by atoms with Crippen LogP contribution in [-0.2, 0) is 4.79 Å². The van der Waals surface area contributed by atoms with Gasteiger partial charge in [-0.3, -0.25) is 15.0 Å². The van der Waals surface area contributed by atoms with E-state index in [4.69, 9.17) is 0 Å². The van der Waals surface area contributed by atoms with Crippen molar-refractivity contribution in [1.29, 1.82) is 0 Å². The quantitative estimate of drug-likeness (QED) is 0.733. The summed E-state index contributed by atoms with van der Waals surface area (Å²) in [5, 5.41) is 3.28. The zero-order chi connectivity index (χ0) is 11.7. The Morgan fingerprint density at radius 1 is 1.24 bits per heavy atom. The van der Waals surface area contributed by atoms with Crippen molar-refractivity contribution >= 4 is 17.7 Å². The zero-order valence-electron chi connectivity index (χ0n) is 10.2. The van der Waals surface area contributed by atoms with Gasteiger partial charge in [-0.2, -0.15) is 0 Å². The molecule has 0 aliphatic carbocycles. The maximum atomic E-state index is 12.3. The first-order valence-electron chi connectivity index (χ1n) is 6.68. The van der Waals surface area contributed by atoms with Crippen LogP contribution in [0.25, 0.3) is 0 Å². The van der Waals surface area contributed by atoms with Crippen LogP contribution in [0.3, 0.4) is 0 Å². The molecule has 3 aliphatic heterocycles. The van der Waals surface area contributed by atoms with Crippen LogP contribution in [0.4, 0.5) is 0 Å². The molecule has 3 aliphatic rings. The van der Waals surface area contributed by atoms with E-state index >= 15 is 0 Å². The van der Waals surface area contributed by atoms with E-state index in [1.54, 1.807) is 0 Å². The number of piperazine rings is 1. The Balaban J connectivity index is 1.59. The molecule has 5 heteroatoms. The van der Waals surface area contributed by atoms with Crippen molar-refractivity contribution in [3.63, 3.8) is 0 Å². The monoisotopic (exact) mass is 255 g/mol. The maximum Gasteiger partial charge on any atom is 0.240 e.